The van der Waals surface area contributed by atoms with Crippen LogP contribution in [0.5, 0.6) is 0 Å². The van der Waals surface area contributed by atoms with Gasteiger partial charge in [0, 0.05) is 24.9 Å². The predicted octanol–water partition coefficient (Wildman–Crippen LogP) is 1.68. The number of benzene rings is 1. The number of thioether (sulfide) groups is 1. The average molecular weight is 365 g/mol. The molecule has 3 rings (SSSR count). The number of hydrogen-bond acceptors (Lipinski definition) is 4. The van der Waals surface area contributed by atoms with Crippen molar-refractivity contribution < 1.29 is 18.8 Å². The van der Waals surface area contributed by atoms with Crippen LogP contribution in [0.4, 0.5) is 10.1 Å². The Morgan fingerprint density at radius 1 is 1.40 bits per heavy atom. The normalized spacial score (nSPS) is 25.0. The highest BCUT2D eigenvalue weighted by atomic mass is 32.2. The SMILES string of the molecule is CN(CC(=O)Nc1ccc(F)cc1)C(=O)[C@H]1CS[C@@]2(C)CCC(=O)N12. The zero-order valence-electron chi connectivity index (χ0n) is 14.1. The number of nitrogens with zero attached hydrogens (tertiary/aromatic N) is 2. The molecule has 2 fully saturated rings. The van der Waals surface area contributed by atoms with Gasteiger partial charge in [0.1, 0.15) is 11.9 Å². The molecule has 0 aliphatic carbocycles. The minimum absolute atomic E-state index is 0.00462. The van der Waals surface area contributed by atoms with Gasteiger partial charge in [0.05, 0.1) is 11.4 Å². The quantitative estimate of drug-likeness (QED) is 0.881. The predicted molar refractivity (Wildman–Crippen MR) is 93.4 cm³/mol. The molecule has 3 amide bonds. The van der Waals surface area contributed by atoms with Crippen LogP contribution in [0, 0.1) is 5.82 Å². The van der Waals surface area contributed by atoms with Crippen LogP contribution in [0.3, 0.4) is 0 Å². The molecule has 2 aliphatic heterocycles. The number of rotatable bonds is 4. The maximum absolute atomic E-state index is 12.9. The lowest BCUT2D eigenvalue weighted by molar-refractivity contribution is -0.143. The molecule has 0 aromatic heterocycles. The molecule has 2 aliphatic rings. The summed E-state index contributed by atoms with van der Waals surface area (Å²) in [4.78, 5) is 39.6. The van der Waals surface area contributed by atoms with E-state index in [1.165, 1.54) is 29.2 Å². The Balaban J connectivity index is 1.60. The van der Waals surface area contributed by atoms with E-state index in [2.05, 4.69) is 5.32 Å². The number of halogens is 1. The highest BCUT2D eigenvalue weighted by Crippen LogP contribution is 2.47. The van der Waals surface area contributed by atoms with Crippen LogP contribution in [-0.4, -0.2) is 57.8 Å². The maximum Gasteiger partial charge on any atom is 0.246 e. The molecule has 6 nitrogen and oxygen atoms in total. The number of anilines is 1. The number of carbonyl (C=O) groups is 3. The highest BCUT2D eigenvalue weighted by molar-refractivity contribution is 8.01. The lowest BCUT2D eigenvalue weighted by atomic mass is 10.2. The van der Waals surface area contributed by atoms with Crippen molar-refractivity contribution in [2.45, 2.75) is 30.7 Å². The van der Waals surface area contributed by atoms with E-state index >= 15 is 0 Å². The Morgan fingerprint density at radius 3 is 2.76 bits per heavy atom. The minimum Gasteiger partial charge on any atom is -0.335 e. The number of amides is 3. The van der Waals surface area contributed by atoms with Crippen LogP contribution in [0.15, 0.2) is 24.3 Å². The summed E-state index contributed by atoms with van der Waals surface area (Å²) in [6.45, 7) is 1.85. The van der Waals surface area contributed by atoms with Crippen molar-refractivity contribution in [2.75, 3.05) is 24.7 Å². The van der Waals surface area contributed by atoms with Crippen LogP contribution < -0.4 is 5.32 Å². The summed E-state index contributed by atoms with van der Waals surface area (Å²) in [6, 6.07) is 4.89. The second-order valence-corrected chi connectivity index (χ2v) is 8.02. The summed E-state index contributed by atoms with van der Waals surface area (Å²) >= 11 is 1.62. The summed E-state index contributed by atoms with van der Waals surface area (Å²) in [7, 11) is 1.55. The molecule has 8 heteroatoms. The molecule has 1 aromatic carbocycles. The van der Waals surface area contributed by atoms with E-state index in [4.69, 9.17) is 0 Å². The summed E-state index contributed by atoms with van der Waals surface area (Å²) < 4.78 is 12.9. The van der Waals surface area contributed by atoms with Gasteiger partial charge in [0.2, 0.25) is 17.7 Å². The maximum atomic E-state index is 12.9. The first-order chi connectivity index (χ1) is 11.8. The van der Waals surface area contributed by atoms with Crippen molar-refractivity contribution in [2.24, 2.45) is 0 Å². The number of likely N-dealkylation sites (N-methyl/N-ethyl adjacent to an activating group) is 1. The Kier molecular flexibility index (Phi) is 4.73. The van der Waals surface area contributed by atoms with E-state index in [-0.39, 0.29) is 35.0 Å². The summed E-state index contributed by atoms with van der Waals surface area (Å²) in [5.41, 5.74) is 0.464. The fourth-order valence-electron chi connectivity index (χ4n) is 3.28. The number of nitrogens with one attached hydrogen (secondary N) is 1. The third-order valence-corrected chi connectivity index (χ3v) is 6.12. The van der Waals surface area contributed by atoms with Crippen LogP contribution >= 0.6 is 11.8 Å². The van der Waals surface area contributed by atoms with Gasteiger partial charge in [-0.25, -0.2) is 4.39 Å². The molecule has 0 radical (unpaired) electrons. The van der Waals surface area contributed by atoms with Gasteiger partial charge < -0.3 is 15.1 Å². The molecule has 0 saturated carbocycles. The van der Waals surface area contributed by atoms with Crippen LogP contribution in [-0.2, 0) is 14.4 Å². The van der Waals surface area contributed by atoms with Crippen LogP contribution in [0.25, 0.3) is 0 Å². The highest BCUT2D eigenvalue weighted by Gasteiger charge is 2.53. The Hall–Kier alpha value is -2.09. The molecule has 2 heterocycles. The van der Waals surface area contributed by atoms with Crippen LogP contribution in [0.1, 0.15) is 19.8 Å². The van der Waals surface area contributed by atoms with E-state index in [9.17, 15) is 18.8 Å². The minimum atomic E-state index is -0.520. The molecular weight excluding hydrogens is 345 g/mol. The summed E-state index contributed by atoms with van der Waals surface area (Å²) in [5, 5.41) is 2.62. The van der Waals surface area contributed by atoms with E-state index in [1.807, 2.05) is 6.92 Å². The molecule has 134 valence electrons. The molecule has 2 saturated heterocycles. The molecule has 1 aromatic rings. The van der Waals surface area contributed by atoms with Crippen molar-refractivity contribution in [3.8, 4) is 0 Å². The van der Waals surface area contributed by atoms with Gasteiger partial charge in [-0.3, -0.25) is 14.4 Å². The van der Waals surface area contributed by atoms with E-state index < -0.39 is 6.04 Å². The Bertz CT molecular complexity index is 712. The van der Waals surface area contributed by atoms with Crippen molar-refractivity contribution in [1.29, 1.82) is 0 Å². The number of carbonyl (C=O) groups excluding carboxylic acids is 3. The van der Waals surface area contributed by atoms with Crippen molar-refractivity contribution in [1.82, 2.24) is 9.80 Å². The zero-order chi connectivity index (χ0) is 18.2. The molecule has 25 heavy (non-hydrogen) atoms. The van der Waals surface area contributed by atoms with Crippen molar-refractivity contribution in [3.63, 3.8) is 0 Å². The largest absolute Gasteiger partial charge is 0.335 e. The molecule has 1 N–H and O–H groups in total. The van der Waals surface area contributed by atoms with Gasteiger partial charge in [-0.05, 0) is 37.6 Å². The van der Waals surface area contributed by atoms with Crippen molar-refractivity contribution >= 4 is 35.2 Å². The third-order valence-electron chi connectivity index (χ3n) is 4.61. The molecule has 0 spiro atoms. The first kappa shape index (κ1) is 17.7. The topological polar surface area (TPSA) is 69.7 Å². The molecule has 0 bridgehead atoms. The van der Waals surface area contributed by atoms with Crippen molar-refractivity contribution in [3.05, 3.63) is 30.1 Å². The summed E-state index contributed by atoms with van der Waals surface area (Å²) in [6.07, 6.45) is 1.21. The monoisotopic (exact) mass is 365 g/mol. The van der Waals surface area contributed by atoms with Gasteiger partial charge >= 0.3 is 0 Å². The number of fused-ring (bicyclic) bond motifs is 1. The van der Waals surface area contributed by atoms with E-state index in [0.717, 1.165) is 6.42 Å². The van der Waals surface area contributed by atoms with Gasteiger partial charge in [0.15, 0.2) is 0 Å². The fraction of sp³-hybridized carbons (Fsp3) is 0.471. The average Bonchev–Trinajstić information content (AvgIpc) is 3.05. The van der Waals surface area contributed by atoms with E-state index in [0.29, 0.717) is 17.9 Å². The van der Waals surface area contributed by atoms with E-state index in [1.54, 1.807) is 23.7 Å². The summed E-state index contributed by atoms with van der Waals surface area (Å²) in [5.74, 6) is -0.452. The molecule has 2 atom stereocenters. The Labute approximate surface area is 149 Å². The van der Waals surface area contributed by atoms with Gasteiger partial charge in [-0.2, -0.15) is 0 Å². The molecular formula is C17H20FN3O3S. The smallest absolute Gasteiger partial charge is 0.246 e. The fourth-order valence-corrected chi connectivity index (χ4v) is 4.71. The first-order valence-electron chi connectivity index (χ1n) is 8.07. The lowest BCUT2D eigenvalue weighted by Crippen LogP contribution is -2.51. The first-order valence-corrected chi connectivity index (χ1v) is 9.05. The van der Waals surface area contributed by atoms with Crippen LogP contribution in [0.2, 0.25) is 0 Å². The Morgan fingerprint density at radius 2 is 2.08 bits per heavy atom. The lowest BCUT2D eigenvalue weighted by Gasteiger charge is -2.31. The molecule has 0 unspecified atom stereocenters. The number of hydrogen-bond donors (Lipinski definition) is 1. The zero-order valence-corrected chi connectivity index (χ0v) is 14.9. The van der Waals surface area contributed by atoms with Gasteiger partial charge in [-0.15, -0.1) is 11.8 Å². The second kappa shape index (κ2) is 6.67. The third kappa shape index (κ3) is 3.49. The van der Waals surface area contributed by atoms with Gasteiger partial charge in [0.25, 0.3) is 0 Å². The second-order valence-electron chi connectivity index (χ2n) is 6.51. The van der Waals surface area contributed by atoms with Gasteiger partial charge in [-0.1, -0.05) is 0 Å². The standard InChI is InChI=1S/C17H20FN3O3S/c1-17-8-7-15(23)21(17)13(10-25-17)16(24)20(2)9-14(22)19-12-5-3-11(18)4-6-12/h3-6,13H,7-10H2,1-2H3,(H,19,22)/t13-,17+/m1/s1.